The van der Waals surface area contributed by atoms with Crippen LogP contribution in [0.15, 0.2) is 21.4 Å². The number of carbonyl (C=O) groups is 1. The number of thiazole rings is 1. The van der Waals surface area contributed by atoms with E-state index in [0.29, 0.717) is 12.1 Å². The van der Waals surface area contributed by atoms with E-state index < -0.39 is 62.0 Å². The summed E-state index contributed by atoms with van der Waals surface area (Å²) in [5.74, 6) is -0.881. The van der Waals surface area contributed by atoms with Crippen LogP contribution in [0.3, 0.4) is 0 Å². The Bertz CT molecular complexity index is 1600. The van der Waals surface area contributed by atoms with Gasteiger partial charge in [0.05, 0.1) is 21.0 Å². The summed E-state index contributed by atoms with van der Waals surface area (Å²) < 4.78 is 102. The van der Waals surface area contributed by atoms with Crippen LogP contribution < -0.4 is 4.72 Å². The van der Waals surface area contributed by atoms with E-state index in [1.165, 1.54) is 18.6 Å². The SMILES string of the molecule is CCC(NS(=O)(=O)c1ccc(-c2sc(-c3nnc(CC(C)(C)C(=O)O)o3)nc2CC2CCC2)c(C(F)F)c1Cl)C(F)(F)F. The van der Waals surface area contributed by atoms with Crippen LogP contribution in [0.5, 0.6) is 0 Å². The van der Waals surface area contributed by atoms with Gasteiger partial charge in [-0.25, -0.2) is 22.2 Å². The third-order valence-electron chi connectivity index (χ3n) is 7.22. The van der Waals surface area contributed by atoms with Crippen molar-refractivity contribution in [3.8, 4) is 21.3 Å². The smallest absolute Gasteiger partial charge is 0.404 e. The van der Waals surface area contributed by atoms with Crippen LogP contribution in [-0.2, 0) is 27.7 Å². The van der Waals surface area contributed by atoms with Gasteiger partial charge in [0.15, 0.2) is 5.01 Å². The second kappa shape index (κ2) is 12.4. The van der Waals surface area contributed by atoms with Gasteiger partial charge in [0, 0.05) is 17.5 Å². The summed E-state index contributed by atoms with van der Waals surface area (Å²) in [4.78, 5) is 15.4. The zero-order valence-electron chi connectivity index (χ0n) is 23.1. The van der Waals surface area contributed by atoms with Crippen LogP contribution in [0.1, 0.15) is 70.0 Å². The van der Waals surface area contributed by atoms with Gasteiger partial charge in [-0.2, -0.15) is 17.9 Å². The molecule has 17 heteroatoms. The molecule has 1 aliphatic rings. The maximum absolute atomic E-state index is 14.5. The molecule has 9 nitrogen and oxygen atoms in total. The fourth-order valence-electron chi connectivity index (χ4n) is 4.45. The first-order valence-corrected chi connectivity index (χ1v) is 15.9. The Balaban J connectivity index is 1.79. The number of nitrogens with zero attached hydrogens (tertiary/aromatic N) is 3. The lowest BCUT2D eigenvalue weighted by molar-refractivity contribution is -0.151. The van der Waals surface area contributed by atoms with Crippen molar-refractivity contribution in [1.29, 1.82) is 0 Å². The molecule has 3 aromatic rings. The molecule has 1 unspecified atom stereocenters. The van der Waals surface area contributed by atoms with E-state index in [9.17, 15) is 40.3 Å². The number of carboxylic acid groups (broad SMARTS) is 1. The molecule has 2 heterocycles. The number of nitrogens with one attached hydrogen (secondary N) is 1. The van der Waals surface area contributed by atoms with Gasteiger partial charge in [-0.05, 0) is 38.7 Å². The van der Waals surface area contributed by atoms with Crippen molar-refractivity contribution in [2.75, 3.05) is 0 Å². The van der Waals surface area contributed by atoms with Crippen LogP contribution >= 0.6 is 22.9 Å². The van der Waals surface area contributed by atoms with Crippen molar-refractivity contribution in [2.24, 2.45) is 11.3 Å². The predicted octanol–water partition coefficient (Wildman–Crippen LogP) is 7.07. The Labute approximate surface area is 252 Å². The third-order valence-corrected chi connectivity index (χ3v) is 10.4. The Morgan fingerprint density at radius 2 is 1.91 bits per heavy atom. The molecule has 0 aliphatic heterocycles. The molecule has 0 radical (unpaired) electrons. The molecule has 2 aromatic heterocycles. The first-order valence-electron chi connectivity index (χ1n) is 13.2. The Morgan fingerprint density at radius 3 is 2.44 bits per heavy atom. The lowest BCUT2D eigenvalue weighted by Gasteiger charge is -2.25. The number of benzene rings is 1. The second-order valence-electron chi connectivity index (χ2n) is 10.9. The van der Waals surface area contributed by atoms with Crippen molar-refractivity contribution in [1.82, 2.24) is 19.9 Å². The van der Waals surface area contributed by atoms with Gasteiger partial charge in [0.1, 0.15) is 10.9 Å². The van der Waals surface area contributed by atoms with E-state index in [1.54, 1.807) is 0 Å². The Hall–Kier alpha value is -2.69. The molecule has 1 aliphatic carbocycles. The fraction of sp³-hybridized carbons (Fsp3) is 0.538. The monoisotopic (exact) mass is 670 g/mol. The molecule has 1 fully saturated rings. The first kappa shape index (κ1) is 33.2. The number of aliphatic carboxylic acids is 1. The molecule has 43 heavy (non-hydrogen) atoms. The van der Waals surface area contributed by atoms with Gasteiger partial charge in [-0.15, -0.1) is 21.5 Å². The number of aromatic nitrogens is 3. The molecule has 1 saturated carbocycles. The molecular weight excluding hydrogens is 643 g/mol. The van der Waals surface area contributed by atoms with E-state index in [0.717, 1.165) is 49.7 Å². The highest BCUT2D eigenvalue weighted by Gasteiger charge is 2.42. The van der Waals surface area contributed by atoms with Gasteiger partial charge in [0.2, 0.25) is 15.9 Å². The van der Waals surface area contributed by atoms with E-state index >= 15 is 0 Å². The first-order chi connectivity index (χ1) is 19.9. The fourth-order valence-corrected chi connectivity index (χ4v) is 7.45. The van der Waals surface area contributed by atoms with E-state index in [1.807, 2.05) is 0 Å². The van der Waals surface area contributed by atoms with Crippen molar-refractivity contribution in [3.05, 3.63) is 34.3 Å². The van der Waals surface area contributed by atoms with Gasteiger partial charge in [0.25, 0.3) is 12.3 Å². The van der Waals surface area contributed by atoms with E-state index in [-0.39, 0.29) is 39.6 Å². The van der Waals surface area contributed by atoms with Gasteiger partial charge >= 0.3 is 12.1 Å². The summed E-state index contributed by atoms with van der Waals surface area (Å²) in [6.07, 6.45) is -5.72. The molecule has 1 aromatic carbocycles. The van der Waals surface area contributed by atoms with Gasteiger partial charge < -0.3 is 9.52 Å². The molecule has 0 saturated heterocycles. The average molecular weight is 671 g/mol. The van der Waals surface area contributed by atoms with Crippen molar-refractivity contribution < 1.29 is 44.7 Å². The lowest BCUT2D eigenvalue weighted by atomic mass is 9.81. The maximum Gasteiger partial charge on any atom is 0.404 e. The number of halogens is 6. The van der Waals surface area contributed by atoms with Crippen LogP contribution in [0.25, 0.3) is 21.3 Å². The zero-order valence-corrected chi connectivity index (χ0v) is 25.5. The van der Waals surface area contributed by atoms with Crippen LogP contribution in [-0.4, -0.2) is 46.9 Å². The summed E-state index contributed by atoms with van der Waals surface area (Å²) in [6.45, 7) is 4.09. The highest BCUT2D eigenvalue weighted by molar-refractivity contribution is 7.89. The minimum atomic E-state index is -4.94. The molecule has 1 atom stereocenters. The van der Waals surface area contributed by atoms with Crippen molar-refractivity contribution in [3.63, 3.8) is 0 Å². The number of hydrogen-bond acceptors (Lipinski definition) is 8. The maximum atomic E-state index is 14.5. The highest BCUT2D eigenvalue weighted by atomic mass is 35.5. The molecule has 0 spiro atoms. The molecule has 0 bridgehead atoms. The Morgan fingerprint density at radius 1 is 1.23 bits per heavy atom. The van der Waals surface area contributed by atoms with Crippen LogP contribution in [0.4, 0.5) is 22.0 Å². The summed E-state index contributed by atoms with van der Waals surface area (Å²) in [6, 6.07) is -0.478. The number of hydrogen-bond donors (Lipinski definition) is 2. The predicted molar refractivity (Wildman–Crippen MR) is 147 cm³/mol. The summed E-state index contributed by atoms with van der Waals surface area (Å²) in [5.41, 5.74) is -1.80. The lowest BCUT2D eigenvalue weighted by Crippen LogP contribution is -2.44. The number of carboxylic acids is 1. The van der Waals surface area contributed by atoms with E-state index in [2.05, 4.69) is 15.2 Å². The number of alkyl halides is 5. The van der Waals surface area contributed by atoms with Crippen molar-refractivity contribution >= 4 is 38.9 Å². The summed E-state index contributed by atoms with van der Waals surface area (Å²) >= 11 is 7.13. The average Bonchev–Trinajstić information content (AvgIpc) is 3.50. The second-order valence-corrected chi connectivity index (χ2v) is 14.0. The van der Waals surface area contributed by atoms with Crippen LogP contribution in [0.2, 0.25) is 5.02 Å². The zero-order chi connectivity index (χ0) is 31.9. The minimum Gasteiger partial charge on any atom is -0.481 e. The third kappa shape index (κ3) is 7.18. The molecule has 236 valence electrons. The van der Waals surface area contributed by atoms with Gasteiger partial charge in [-0.1, -0.05) is 43.9 Å². The molecule has 2 N–H and O–H groups in total. The highest BCUT2D eigenvalue weighted by Crippen LogP contribution is 2.46. The van der Waals surface area contributed by atoms with Gasteiger partial charge in [-0.3, -0.25) is 4.79 Å². The quantitative estimate of drug-likeness (QED) is 0.196. The molecular formula is C26H28ClF5N4O5S2. The largest absolute Gasteiger partial charge is 0.481 e. The number of sulfonamides is 1. The topological polar surface area (TPSA) is 135 Å². The van der Waals surface area contributed by atoms with Crippen LogP contribution in [0, 0.1) is 11.3 Å². The standard InChI is InChI=1S/C26H28ClF5N4O5S2/c1-4-16(26(30,31)32)36-43(39,40)15-9-8-13(18(19(15)27)21(28)29)20-14(10-12-6-5-7-12)33-23(42-20)22-35-34-17(41-22)11-25(2,3)24(37)38/h8-9,12,16,21,36H,4-7,10-11H2,1-3H3,(H,37,38). The summed E-state index contributed by atoms with van der Waals surface area (Å²) in [7, 11) is -4.94. The molecule has 0 amide bonds. The normalized spacial score (nSPS) is 15.6. The summed E-state index contributed by atoms with van der Waals surface area (Å²) in [5, 5.41) is 16.5. The Kier molecular flexibility index (Phi) is 9.55. The van der Waals surface area contributed by atoms with E-state index in [4.69, 9.17) is 16.0 Å². The number of rotatable bonds is 12. The molecule has 4 rings (SSSR count). The minimum absolute atomic E-state index is 0.0299. The van der Waals surface area contributed by atoms with Crippen molar-refractivity contribution in [2.45, 2.75) is 82.8 Å².